The topological polar surface area (TPSA) is 26.3 Å². The van der Waals surface area contributed by atoms with E-state index in [0.29, 0.717) is 5.75 Å². The molecule has 1 fully saturated rings. The molecule has 0 saturated heterocycles. The van der Waals surface area contributed by atoms with E-state index in [9.17, 15) is 4.79 Å². The molecule has 0 amide bonds. The average molecular weight is 395 g/mol. The van der Waals surface area contributed by atoms with Gasteiger partial charge in [0.05, 0.1) is 0 Å². The minimum atomic E-state index is -1.11. The molecular formula is C20H20Cl2O2S. The SMILES string of the molecule is CC1(C)C(Cl)(Cl)C1(C)C(=O)Oc1cccc2c1CCCc1ccsc1-2. The first-order valence-corrected chi connectivity index (χ1v) is 10.1. The van der Waals surface area contributed by atoms with Gasteiger partial charge in [-0.15, -0.1) is 11.3 Å². The van der Waals surface area contributed by atoms with Crippen LogP contribution in [0.25, 0.3) is 10.4 Å². The Morgan fingerprint density at radius 3 is 2.56 bits per heavy atom. The standard InChI is InChI=1S/C20H20Cl2O2S/c1-18(2)19(3,20(18,21)22)17(23)24-15-9-5-8-14-13(15)7-4-6-12-10-11-25-16(12)14/h5,8-11H,4,6-7H2,1-3H3. The summed E-state index contributed by atoms with van der Waals surface area (Å²) in [6, 6.07) is 8.13. The summed E-state index contributed by atoms with van der Waals surface area (Å²) >= 11 is 14.5. The molecule has 2 aliphatic carbocycles. The van der Waals surface area contributed by atoms with Crippen LogP contribution in [0.15, 0.2) is 29.6 Å². The summed E-state index contributed by atoms with van der Waals surface area (Å²) < 4.78 is 4.75. The monoisotopic (exact) mass is 394 g/mol. The van der Waals surface area contributed by atoms with E-state index >= 15 is 0 Å². The van der Waals surface area contributed by atoms with Gasteiger partial charge >= 0.3 is 5.97 Å². The average Bonchev–Trinajstić information content (AvgIpc) is 2.85. The number of carbonyl (C=O) groups is 1. The molecule has 2 aromatic rings. The molecule has 1 heterocycles. The van der Waals surface area contributed by atoms with Gasteiger partial charge < -0.3 is 4.74 Å². The summed E-state index contributed by atoms with van der Waals surface area (Å²) in [7, 11) is 0. The number of hydrogen-bond acceptors (Lipinski definition) is 3. The van der Waals surface area contributed by atoms with Crippen molar-refractivity contribution in [1.82, 2.24) is 0 Å². The molecule has 1 aromatic heterocycles. The van der Waals surface area contributed by atoms with Gasteiger partial charge in [0.1, 0.15) is 15.5 Å². The number of ether oxygens (including phenoxy) is 1. The van der Waals surface area contributed by atoms with Crippen LogP contribution in [-0.4, -0.2) is 10.3 Å². The number of esters is 1. The summed E-state index contributed by atoms with van der Waals surface area (Å²) in [4.78, 5) is 14.2. The summed E-state index contributed by atoms with van der Waals surface area (Å²) in [5, 5.41) is 2.13. The van der Waals surface area contributed by atoms with E-state index < -0.39 is 15.2 Å². The Morgan fingerprint density at radius 1 is 1.16 bits per heavy atom. The number of fused-ring (bicyclic) bond motifs is 3. The molecule has 0 aliphatic heterocycles. The minimum absolute atomic E-state index is 0.355. The quantitative estimate of drug-likeness (QED) is 0.353. The maximum atomic E-state index is 12.9. The molecule has 1 saturated carbocycles. The molecule has 1 atom stereocenters. The number of benzene rings is 1. The van der Waals surface area contributed by atoms with Crippen LogP contribution in [0.5, 0.6) is 5.75 Å². The van der Waals surface area contributed by atoms with E-state index in [4.69, 9.17) is 27.9 Å². The van der Waals surface area contributed by atoms with E-state index in [-0.39, 0.29) is 5.97 Å². The van der Waals surface area contributed by atoms with Crippen molar-refractivity contribution >= 4 is 40.5 Å². The zero-order valence-corrected chi connectivity index (χ0v) is 16.8. The van der Waals surface area contributed by atoms with Crippen molar-refractivity contribution in [2.45, 2.75) is 44.4 Å². The maximum Gasteiger partial charge on any atom is 0.320 e. The third-order valence-corrected chi connectivity index (χ3v) is 8.90. The smallest absolute Gasteiger partial charge is 0.320 e. The van der Waals surface area contributed by atoms with Gasteiger partial charge in [-0.05, 0) is 54.8 Å². The second-order valence-electron chi connectivity index (χ2n) is 7.62. The van der Waals surface area contributed by atoms with Gasteiger partial charge in [-0.25, -0.2) is 0 Å². The van der Waals surface area contributed by atoms with Crippen LogP contribution >= 0.6 is 34.5 Å². The second-order valence-corrected chi connectivity index (χ2v) is 9.87. The lowest BCUT2D eigenvalue weighted by Gasteiger charge is -2.17. The highest BCUT2D eigenvalue weighted by Gasteiger charge is 2.84. The number of carbonyl (C=O) groups excluding carboxylic acids is 1. The molecule has 0 N–H and O–H groups in total. The van der Waals surface area contributed by atoms with Gasteiger partial charge in [-0.1, -0.05) is 49.2 Å². The van der Waals surface area contributed by atoms with Crippen LogP contribution < -0.4 is 4.74 Å². The lowest BCUT2D eigenvalue weighted by molar-refractivity contribution is -0.141. The molecule has 5 heteroatoms. The van der Waals surface area contributed by atoms with Crippen molar-refractivity contribution in [2.24, 2.45) is 10.8 Å². The van der Waals surface area contributed by atoms with Crippen molar-refractivity contribution in [1.29, 1.82) is 0 Å². The highest BCUT2D eigenvalue weighted by molar-refractivity contribution is 7.13. The lowest BCUT2D eigenvalue weighted by atomic mass is 9.98. The Bertz CT molecular complexity index is 852. The number of aryl methyl sites for hydroxylation is 1. The Morgan fingerprint density at radius 2 is 1.88 bits per heavy atom. The molecule has 0 bridgehead atoms. The van der Waals surface area contributed by atoms with Gasteiger partial charge in [0.2, 0.25) is 0 Å². The molecule has 0 radical (unpaired) electrons. The molecule has 4 rings (SSSR count). The first kappa shape index (κ1) is 17.4. The fourth-order valence-corrected chi connectivity index (χ4v) is 5.83. The molecule has 1 unspecified atom stereocenters. The van der Waals surface area contributed by atoms with Gasteiger partial charge in [0.15, 0.2) is 0 Å². The van der Waals surface area contributed by atoms with Crippen molar-refractivity contribution in [2.75, 3.05) is 0 Å². The van der Waals surface area contributed by atoms with Gasteiger partial charge in [0.25, 0.3) is 0 Å². The van der Waals surface area contributed by atoms with E-state index in [1.54, 1.807) is 18.3 Å². The Balaban J connectivity index is 1.71. The Hall–Kier alpha value is -1.03. The number of rotatable bonds is 2. The predicted octanol–water partition coefficient (Wildman–Crippen LogP) is 6.03. The highest BCUT2D eigenvalue weighted by Crippen LogP contribution is 2.77. The van der Waals surface area contributed by atoms with Crippen LogP contribution in [-0.2, 0) is 17.6 Å². The van der Waals surface area contributed by atoms with E-state index in [1.165, 1.54) is 16.0 Å². The fourth-order valence-electron chi connectivity index (χ4n) is 3.91. The zero-order chi connectivity index (χ0) is 18.0. The molecular weight excluding hydrogens is 375 g/mol. The zero-order valence-electron chi connectivity index (χ0n) is 14.5. The summed E-state index contributed by atoms with van der Waals surface area (Å²) in [5.41, 5.74) is 2.23. The highest BCUT2D eigenvalue weighted by atomic mass is 35.5. The molecule has 132 valence electrons. The van der Waals surface area contributed by atoms with Gasteiger partial charge in [0, 0.05) is 15.9 Å². The second kappa shape index (κ2) is 5.48. The van der Waals surface area contributed by atoms with Crippen molar-refractivity contribution in [3.63, 3.8) is 0 Å². The van der Waals surface area contributed by atoms with E-state index in [2.05, 4.69) is 17.5 Å². The third kappa shape index (κ3) is 2.19. The largest absolute Gasteiger partial charge is 0.426 e. The Kier molecular flexibility index (Phi) is 3.81. The molecule has 2 nitrogen and oxygen atoms in total. The minimum Gasteiger partial charge on any atom is -0.426 e. The molecule has 0 spiro atoms. The summed E-state index contributed by atoms with van der Waals surface area (Å²) in [5.74, 6) is 0.281. The van der Waals surface area contributed by atoms with E-state index in [1.807, 2.05) is 26.0 Å². The normalized spacial score (nSPS) is 25.5. The number of halogens is 2. The lowest BCUT2D eigenvalue weighted by Crippen LogP contribution is -2.26. The van der Waals surface area contributed by atoms with Crippen LogP contribution in [0.4, 0.5) is 0 Å². The molecule has 2 aliphatic rings. The van der Waals surface area contributed by atoms with Crippen LogP contribution in [0.3, 0.4) is 0 Å². The van der Waals surface area contributed by atoms with Crippen molar-refractivity contribution in [3.05, 3.63) is 40.8 Å². The summed E-state index contributed by atoms with van der Waals surface area (Å²) in [6.45, 7) is 5.59. The third-order valence-electron chi connectivity index (χ3n) is 6.21. The molecule has 25 heavy (non-hydrogen) atoms. The molecule has 1 aromatic carbocycles. The van der Waals surface area contributed by atoms with Crippen LogP contribution in [0.2, 0.25) is 0 Å². The van der Waals surface area contributed by atoms with Crippen LogP contribution in [0, 0.1) is 10.8 Å². The number of hydrogen-bond donors (Lipinski definition) is 0. The van der Waals surface area contributed by atoms with Crippen LogP contribution in [0.1, 0.15) is 38.3 Å². The van der Waals surface area contributed by atoms with Crippen molar-refractivity contribution < 1.29 is 9.53 Å². The van der Waals surface area contributed by atoms with Gasteiger partial charge in [-0.3, -0.25) is 4.79 Å². The summed E-state index contributed by atoms with van der Waals surface area (Å²) in [6.07, 6.45) is 2.99. The first-order chi connectivity index (χ1) is 11.7. The van der Waals surface area contributed by atoms with Gasteiger partial charge in [-0.2, -0.15) is 0 Å². The number of thiophene rings is 1. The first-order valence-electron chi connectivity index (χ1n) is 8.50. The van der Waals surface area contributed by atoms with E-state index in [0.717, 1.165) is 24.8 Å². The number of alkyl halides is 2. The Labute approximate surface area is 162 Å². The van der Waals surface area contributed by atoms with Crippen molar-refractivity contribution in [3.8, 4) is 16.2 Å². The predicted molar refractivity (Wildman–Crippen MR) is 104 cm³/mol. The maximum absolute atomic E-state index is 12.9. The fraction of sp³-hybridized carbons (Fsp3) is 0.450.